The van der Waals surface area contributed by atoms with Crippen LogP contribution in [-0.2, 0) is 4.79 Å². The lowest BCUT2D eigenvalue weighted by Gasteiger charge is -2.19. The second kappa shape index (κ2) is 8.00. The second-order valence-electron chi connectivity index (χ2n) is 2.54. The van der Waals surface area contributed by atoms with Crippen molar-refractivity contribution in [2.75, 3.05) is 19.6 Å². The van der Waals surface area contributed by atoms with E-state index in [1.54, 1.807) is 11.0 Å². The Morgan fingerprint density at radius 3 is 2.46 bits per heavy atom. The fraction of sp³-hybridized carbons (Fsp3) is 0.571. The van der Waals surface area contributed by atoms with Gasteiger partial charge in [-0.25, -0.2) is 0 Å². The molecule has 0 radical (unpaired) electrons. The maximum Gasteiger partial charge on any atom is 0.317 e. The van der Waals surface area contributed by atoms with Gasteiger partial charge in [-0.05, 0) is 0 Å². The van der Waals surface area contributed by atoms with Crippen LogP contribution in [0.4, 0.5) is 0 Å². The van der Waals surface area contributed by atoms with Crippen LogP contribution in [0.1, 0.15) is 0 Å². The molecule has 5 nitrogen and oxygen atoms in total. The monoisotopic (exact) mass is 209 g/mol. The lowest BCUT2D eigenvalue weighted by atomic mass is 10.4. The second-order valence-corrected chi connectivity index (χ2v) is 2.54. The third kappa shape index (κ3) is 9.29. The summed E-state index contributed by atoms with van der Waals surface area (Å²) in [7, 11) is 0. The molecule has 5 N–H and O–H groups in total. The molecule has 0 amide bonds. The van der Waals surface area contributed by atoms with Gasteiger partial charge in [0.05, 0.1) is 12.7 Å². The van der Waals surface area contributed by atoms with E-state index < -0.39 is 12.1 Å². The molecule has 0 aromatic carbocycles. The molecule has 0 heterocycles. The number of carboxylic acid groups (broad SMARTS) is 1. The summed E-state index contributed by atoms with van der Waals surface area (Å²) < 4.78 is 0. The first-order valence-electron chi connectivity index (χ1n) is 3.62. The highest BCUT2D eigenvalue weighted by Gasteiger charge is 2.09. The molecule has 0 rings (SSSR count). The van der Waals surface area contributed by atoms with Gasteiger partial charge in [0.15, 0.2) is 0 Å². The molecule has 0 aliphatic heterocycles. The third-order valence-electron chi connectivity index (χ3n) is 1.22. The van der Waals surface area contributed by atoms with Crippen LogP contribution in [0.2, 0.25) is 0 Å². The van der Waals surface area contributed by atoms with Gasteiger partial charge in [-0.3, -0.25) is 9.69 Å². The van der Waals surface area contributed by atoms with Gasteiger partial charge in [0.1, 0.15) is 0 Å². The van der Waals surface area contributed by atoms with Crippen molar-refractivity contribution in [2.24, 2.45) is 11.5 Å². The van der Waals surface area contributed by atoms with Crippen LogP contribution in [0, 0.1) is 0 Å². The zero-order chi connectivity index (χ0) is 9.56. The average molecular weight is 210 g/mol. The van der Waals surface area contributed by atoms with Gasteiger partial charge < -0.3 is 16.6 Å². The van der Waals surface area contributed by atoms with Crippen LogP contribution in [0.25, 0.3) is 0 Å². The molecule has 0 unspecified atom stereocenters. The average Bonchev–Trinajstić information content (AvgIpc) is 1.84. The van der Waals surface area contributed by atoms with Gasteiger partial charge in [-0.15, -0.1) is 19.0 Å². The van der Waals surface area contributed by atoms with E-state index in [4.69, 9.17) is 16.6 Å². The van der Waals surface area contributed by atoms with E-state index in [1.807, 2.05) is 0 Å². The fourth-order valence-electron chi connectivity index (χ4n) is 0.876. The number of halogens is 1. The van der Waals surface area contributed by atoms with Crippen molar-refractivity contribution in [3.05, 3.63) is 12.7 Å². The Morgan fingerprint density at radius 2 is 2.15 bits per heavy atom. The van der Waals surface area contributed by atoms with Crippen LogP contribution >= 0.6 is 12.4 Å². The minimum atomic E-state index is -0.891. The molecule has 78 valence electrons. The molecule has 0 aliphatic carbocycles. The van der Waals surface area contributed by atoms with Crippen LogP contribution < -0.4 is 11.5 Å². The van der Waals surface area contributed by atoms with Crippen molar-refractivity contribution in [1.82, 2.24) is 4.90 Å². The number of carboxylic acids is 1. The molecule has 0 aromatic heterocycles. The molecule has 0 bridgehead atoms. The van der Waals surface area contributed by atoms with Crippen LogP contribution in [0.15, 0.2) is 12.7 Å². The molecule has 0 fully saturated rings. The molecule has 0 saturated carbocycles. The number of carbonyl (C=O) groups is 1. The topological polar surface area (TPSA) is 92.6 Å². The van der Waals surface area contributed by atoms with E-state index in [0.717, 1.165) is 0 Å². The maximum absolute atomic E-state index is 10.3. The van der Waals surface area contributed by atoms with Crippen molar-refractivity contribution < 1.29 is 9.90 Å². The number of aliphatic carboxylic acids is 1. The van der Waals surface area contributed by atoms with Crippen molar-refractivity contribution in [2.45, 2.75) is 6.17 Å². The van der Waals surface area contributed by atoms with E-state index in [9.17, 15) is 4.79 Å². The highest BCUT2D eigenvalue weighted by Crippen LogP contribution is 1.88. The normalized spacial score (nSPS) is 9.85. The van der Waals surface area contributed by atoms with E-state index in [1.165, 1.54) is 0 Å². The first kappa shape index (κ1) is 14.9. The summed E-state index contributed by atoms with van der Waals surface area (Å²) in [6.07, 6.45) is 1.11. The lowest BCUT2D eigenvalue weighted by Crippen LogP contribution is -2.45. The minimum Gasteiger partial charge on any atom is -0.480 e. The summed E-state index contributed by atoms with van der Waals surface area (Å²) in [5, 5.41) is 8.47. The van der Waals surface area contributed by atoms with Crippen LogP contribution in [0.3, 0.4) is 0 Å². The lowest BCUT2D eigenvalue weighted by molar-refractivity contribution is -0.138. The number of hydrogen-bond acceptors (Lipinski definition) is 4. The molecule has 0 aliphatic rings. The quantitative estimate of drug-likeness (QED) is 0.395. The van der Waals surface area contributed by atoms with Gasteiger partial charge in [-0.1, -0.05) is 6.08 Å². The van der Waals surface area contributed by atoms with Gasteiger partial charge in [0.2, 0.25) is 0 Å². The number of nitrogens with two attached hydrogens (primary N) is 2. The van der Waals surface area contributed by atoms with E-state index in [2.05, 4.69) is 6.58 Å². The summed E-state index contributed by atoms with van der Waals surface area (Å²) in [6, 6.07) is 0. The van der Waals surface area contributed by atoms with Gasteiger partial charge in [-0.2, -0.15) is 0 Å². The molecule has 6 heteroatoms. The minimum absolute atomic E-state index is 0. The Hall–Kier alpha value is -0.620. The summed E-state index contributed by atoms with van der Waals surface area (Å²) in [5.74, 6) is -0.891. The summed E-state index contributed by atoms with van der Waals surface area (Å²) in [6.45, 7) is 4.28. The first-order valence-corrected chi connectivity index (χ1v) is 3.62. The maximum atomic E-state index is 10.3. The molecule has 0 spiro atoms. The Morgan fingerprint density at radius 1 is 1.62 bits per heavy atom. The van der Waals surface area contributed by atoms with Crippen LogP contribution in [0.5, 0.6) is 0 Å². The highest BCUT2D eigenvalue weighted by atomic mass is 35.5. The predicted molar refractivity (Wildman–Crippen MR) is 53.7 cm³/mol. The Labute approximate surface area is 83.8 Å². The van der Waals surface area contributed by atoms with Crippen molar-refractivity contribution in [1.29, 1.82) is 0 Å². The standard InChI is InChI=1S/C7H15N3O2.ClH/c1-2-3-10(4-6(8)9)5-7(11)12;/h2,6H,1,3-5,8-9H2,(H,11,12);1H. The summed E-state index contributed by atoms with van der Waals surface area (Å²) in [5.41, 5.74) is 10.6. The van der Waals surface area contributed by atoms with E-state index in [0.29, 0.717) is 13.1 Å². The molecule has 0 aromatic rings. The van der Waals surface area contributed by atoms with Crippen molar-refractivity contribution >= 4 is 18.4 Å². The van der Waals surface area contributed by atoms with Gasteiger partial charge >= 0.3 is 5.97 Å². The van der Waals surface area contributed by atoms with Crippen molar-refractivity contribution in [3.63, 3.8) is 0 Å². The molecule has 0 saturated heterocycles. The number of nitrogens with zero attached hydrogens (tertiary/aromatic N) is 1. The molecular weight excluding hydrogens is 194 g/mol. The third-order valence-corrected chi connectivity index (χ3v) is 1.22. The Bertz CT molecular complexity index is 164. The van der Waals surface area contributed by atoms with Crippen molar-refractivity contribution in [3.8, 4) is 0 Å². The van der Waals surface area contributed by atoms with Gasteiger partial charge in [0, 0.05) is 13.1 Å². The van der Waals surface area contributed by atoms with Crippen LogP contribution in [-0.4, -0.2) is 41.8 Å². The molecule has 13 heavy (non-hydrogen) atoms. The first-order chi connectivity index (χ1) is 5.56. The fourth-order valence-corrected chi connectivity index (χ4v) is 0.876. The summed E-state index contributed by atoms with van der Waals surface area (Å²) in [4.78, 5) is 11.9. The SMILES string of the molecule is C=CCN(CC(=O)O)CC(N)N.Cl. The zero-order valence-corrected chi connectivity index (χ0v) is 8.17. The smallest absolute Gasteiger partial charge is 0.317 e. The molecule has 0 atom stereocenters. The molecular formula is C7H16ClN3O2. The number of hydrogen-bond donors (Lipinski definition) is 3. The Balaban J connectivity index is 0. The Kier molecular flexibility index (Phi) is 9.16. The number of rotatable bonds is 6. The van der Waals surface area contributed by atoms with E-state index >= 15 is 0 Å². The van der Waals surface area contributed by atoms with Gasteiger partial charge in [0.25, 0.3) is 0 Å². The predicted octanol–water partition coefficient (Wildman–Crippen LogP) is -0.776. The summed E-state index contributed by atoms with van der Waals surface area (Å²) >= 11 is 0. The highest BCUT2D eigenvalue weighted by molar-refractivity contribution is 5.85. The largest absolute Gasteiger partial charge is 0.480 e. The zero-order valence-electron chi connectivity index (χ0n) is 7.35. The van der Waals surface area contributed by atoms with E-state index in [-0.39, 0.29) is 19.0 Å².